The number of fused-ring (bicyclic) bond motifs is 3. The van der Waals surface area contributed by atoms with Crippen molar-refractivity contribution in [2.45, 2.75) is 37.8 Å². The fraction of sp³-hybridized carbons (Fsp3) is 0.250. The summed E-state index contributed by atoms with van der Waals surface area (Å²) in [5.74, 6) is -0.846. The number of alkyl carbamates (subject to hydrolysis) is 1. The zero-order valence-corrected chi connectivity index (χ0v) is 22.5. The molecule has 9 heteroatoms. The molecule has 0 aliphatic heterocycles. The molecule has 210 valence electrons. The number of carbonyl (C=O) groups is 3. The molecule has 41 heavy (non-hydrogen) atoms. The third-order valence-electron chi connectivity index (χ3n) is 7.24. The molecule has 0 fully saturated rings. The lowest BCUT2D eigenvalue weighted by atomic mass is 9.98. The topological polar surface area (TPSA) is 123 Å². The van der Waals surface area contributed by atoms with Gasteiger partial charge in [0.05, 0.1) is 0 Å². The summed E-state index contributed by atoms with van der Waals surface area (Å²) in [4.78, 5) is 41.4. The summed E-state index contributed by atoms with van der Waals surface area (Å²) in [7, 11) is 0. The molecule has 3 aromatic carbocycles. The normalized spacial score (nSPS) is 12.7. The Balaban J connectivity index is 1.16. The summed E-state index contributed by atoms with van der Waals surface area (Å²) >= 11 is 0. The number of imidazole rings is 1. The Kier molecular flexibility index (Phi) is 8.73. The number of ether oxygens (including phenoxy) is 1. The maximum atomic E-state index is 13.0. The van der Waals surface area contributed by atoms with Crippen molar-refractivity contribution in [3.05, 3.63) is 114 Å². The van der Waals surface area contributed by atoms with Crippen LogP contribution < -0.4 is 10.6 Å². The summed E-state index contributed by atoms with van der Waals surface area (Å²) < 4.78 is 7.58. The second-order valence-corrected chi connectivity index (χ2v) is 9.95. The van der Waals surface area contributed by atoms with E-state index in [1.54, 1.807) is 6.20 Å². The third kappa shape index (κ3) is 6.81. The zero-order valence-electron chi connectivity index (χ0n) is 22.5. The molecule has 9 nitrogen and oxygen atoms in total. The predicted octanol–water partition coefficient (Wildman–Crippen LogP) is 4.36. The van der Waals surface area contributed by atoms with E-state index >= 15 is 0 Å². The van der Waals surface area contributed by atoms with Crippen molar-refractivity contribution in [2.24, 2.45) is 0 Å². The number of aliphatic carboxylic acids is 1. The maximum Gasteiger partial charge on any atom is 0.407 e. The fourth-order valence-corrected chi connectivity index (χ4v) is 5.23. The van der Waals surface area contributed by atoms with Crippen molar-refractivity contribution in [1.82, 2.24) is 20.2 Å². The lowest BCUT2D eigenvalue weighted by molar-refractivity contribution is -0.137. The molecule has 1 aromatic heterocycles. The number of carbonyl (C=O) groups excluding carboxylic acids is 2. The Hall–Kier alpha value is -4.92. The first-order valence-corrected chi connectivity index (χ1v) is 13.6. The average molecular weight is 553 g/mol. The van der Waals surface area contributed by atoms with Crippen LogP contribution in [0.3, 0.4) is 0 Å². The van der Waals surface area contributed by atoms with Crippen molar-refractivity contribution in [1.29, 1.82) is 0 Å². The van der Waals surface area contributed by atoms with Gasteiger partial charge >= 0.3 is 12.1 Å². The van der Waals surface area contributed by atoms with Gasteiger partial charge < -0.3 is 25.0 Å². The van der Waals surface area contributed by atoms with Gasteiger partial charge in [0, 0.05) is 44.2 Å². The largest absolute Gasteiger partial charge is 0.481 e. The summed E-state index contributed by atoms with van der Waals surface area (Å²) in [6, 6.07) is 25.0. The molecule has 0 saturated heterocycles. The molecular weight excluding hydrogens is 520 g/mol. The number of amides is 2. The van der Waals surface area contributed by atoms with E-state index in [1.807, 2.05) is 77.5 Å². The summed E-state index contributed by atoms with van der Waals surface area (Å²) in [6.07, 6.45) is 2.97. The van der Waals surface area contributed by atoms with E-state index in [-0.39, 0.29) is 31.9 Å². The fourth-order valence-electron chi connectivity index (χ4n) is 5.23. The summed E-state index contributed by atoms with van der Waals surface area (Å²) in [5.41, 5.74) is 5.51. The first-order chi connectivity index (χ1) is 20.0. The molecule has 5 rings (SSSR count). The van der Waals surface area contributed by atoms with Gasteiger partial charge in [-0.15, -0.1) is 0 Å². The first kappa shape index (κ1) is 27.6. The molecule has 4 aromatic rings. The highest BCUT2D eigenvalue weighted by atomic mass is 16.5. The molecule has 0 saturated carbocycles. The van der Waals surface area contributed by atoms with E-state index in [4.69, 9.17) is 4.74 Å². The Morgan fingerprint density at radius 3 is 2.27 bits per heavy atom. The minimum atomic E-state index is -1.06. The lowest BCUT2D eigenvalue weighted by Crippen LogP contribution is -2.47. The SMILES string of the molecule is O=C(O)CCC(NC(=O)OCC1c2ccccc2-c2ccccc21)C(=O)NCCc1nccn1Cc1ccccc1. The highest BCUT2D eigenvalue weighted by Gasteiger charge is 2.30. The number of hydrogen-bond donors (Lipinski definition) is 3. The van der Waals surface area contributed by atoms with Crippen LogP contribution in [0, 0.1) is 0 Å². The lowest BCUT2D eigenvalue weighted by Gasteiger charge is -2.19. The molecule has 2 amide bonds. The van der Waals surface area contributed by atoms with Crippen LogP contribution in [0.15, 0.2) is 91.3 Å². The van der Waals surface area contributed by atoms with Crippen molar-refractivity contribution >= 4 is 18.0 Å². The second kappa shape index (κ2) is 13.0. The summed E-state index contributed by atoms with van der Waals surface area (Å²) in [6.45, 7) is 1.03. The van der Waals surface area contributed by atoms with Gasteiger partial charge in [-0.25, -0.2) is 9.78 Å². The number of nitrogens with one attached hydrogen (secondary N) is 2. The van der Waals surface area contributed by atoms with Crippen LogP contribution in [0.1, 0.15) is 41.3 Å². The number of nitrogens with zero attached hydrogens (tertiary/aromatic N) is 2. The van der Waals surface area contributed by atoms with Gasteiger partial charge in [0.2, 0.25) is 5.91 Å². The molecule has 1 aliphatic rings. The Bertz CT molecular complexity index is 1470. The van der Waals surface area contributed by atoms with Crippen LogP contribution in [0.25, 0.3) is 11.1 Å². The minimum Gasteiger partial charge on any atom is -0.481 e. The quantitative estimate of drug-likeness (QED) is 0.240. The Labute approximate surface area is 238 Å². The monoisotopic (exact) mass is 552 g/mol. The van der Waals surface area contributed by atoms with Gasteiger partial charge in [-0.05, 0) is 34.2 Å². The van der Waals surface area contributed by atoms with Crippen LogP contribution in [0.4, 0.5) is 4.79 Å². The van der Waals surface area contributed by atoms with Crippen molar-refractivity contribution in [3.8, 4) is 11.1 Å². The highest BCUT2D eigenvalue weighted by Crippen LogP contribution is 2.44. The van der Waals surface area contributed by atoms with E-state index < -0.39 is 24.0 Å². The van der Waals surface area contributed by atoms with E-state index in [1.165, 1.54) is 0 Å². The molecule has 0 spiro atoms. The van der Waals surface area contributed by atoms with Crippen molar-refractivity contribution in [2.75, 3.05) is 13.2 Å². The molecule has 3 N–H and O–H groups in total. The van der Waals surface area contributed by atoms with E-state index in [0.29, 0.717) is 13.0 Å². The van der Waals surface area contributed by atoms with Crippen LogP contribution >= 0.6 is 0 Å². The van der Waals surface area contributed by atoms with Gasteiger partial charge in [0.25, 0.3) is 0 Å². The first-order valence-electron chi connectivity index (χ1n) is 13.6. The molecule has 1 atom stereocenters. The standard InChI is InChI=1S/C32H32N4O5/c37-30(38)15-14-28(31(39)34-17-16-29-33-18-19-36(29)20-22-8-2-1-3-9-22)35-32(40)41-21-27-25-12-6-4-10-23(25)24-11-5-7-13-26(24)27/h1-13,18-19,27-28H,14-17,20-21H2,(H,34,39)(H,35,40)(H,37,38). The minimum absolute atomic E-state index is 0.0615. The molecule has 0 radical (unpaired) electrons. The number of rotatable bonds is 12. The van der Waals surface area contributed by atoms with Crippen molar-refractivity contribution < 1.29 is 24.2 Å². The van der Waals surface area contributed by atoms with Gasteiger partial charge in [-0.1, -0.05) is 78.9 Å². The van der Waals surface area contributed by atoms with Crippen LogP contribution in [0.5, 0.6) is 0 Å². The maximum absolute atomic E-state index is 13.0. The van der Waals surface area contributed by atoms with Crippen molar-refractivity contribution in [3.63, 3.8) is 0 Å². The molecular formula is C32H32N4O5. The van der Waals surface area contributed by atoms with Crippen LogP contribution in [-0.4, -0.2) is 51.8 Å². The van der Waals surface area contributed by atoms with Gasteiger partial charge in [-0.3, -0.25) is 9.59 Å². The Morgan fingerprint density at radius 1 is 0.927 bits per heavy atom. The zero-order chi connectivity index (χ0) is 28.6. The molecule has 0 bridgehead atoms. The van der Waals surface area contributed by atoms with Gasteiger partial charge in [0.15, 0.2) is 0 Å². The average Bonchev–Trinajstić information content (AvgIpc) is 3.56. The molecule has 1 aliphatic carbocycles. The molecule has 1 unspecified atom stereocenters. The number of aromatic nitrogens is 2. The number of carboxylic acids is 1. The van der Waals surface area contributed by atoms with Crippen LogP contribution in [0.2, 0.25) is 0 Å². The van der Waals surface area contributed by atoms with Crippen LogP contribution in [-0.2, 0) is 27.3 Å². The smallest absolute Gasteiger partial charge is 0.407 e. The number of hydrogen-bond acceptors (Lipinski definition) is 5. The number of benzene rings is 3. The van der Waals surface area contributed by atoms with Gasteiger partial charge in [0.1, 0.15) is 18.5 Å². The number of carboxylic acid groups (broad SMARTS) is 1. The summed E-state index contributed by atoms with van der Waals surface area (Å²) in [5, 5.41) is 14.6. The predicted molar refractivity (Wildman–Crippen MR) is 153 cm³/mol. The Morgan fingerprint density at radius 2 is 1.59 bits per heavy atom. The third-order valence-corrected chi connectivity index (χ3v) is 7.24. The highest BCUT2D eigenvalue weighted by molar-refractivity contribution is 5.86. The van der Waals surface area contributed by atoms with E-state index in [9.17, 15) is 19.5 Å². The van der Waals surface area contributed by atoms with E-state index in [0.717, 1.165) is 33.6 Å². The second-order valence-electron chi connectivity index (χ2n) is 9.95. The molecule has 1 heterocycles. The van der Waals surface area contributed by atoms with Gasteiger partial charge in [-0.2, -0.15) is 0 Å². The van der Waals surface area contributed by atoms with E-state index in [2.05, 4.69) is 27.8 Å².